The second-order valence-electron chi connectivity index (χ2n) is 5.64. The lowest BCUT2D eigenvalue weighted by molar-refractivity contribution is -0.116. The molecule has 5 heteroatoms. The second-order valence-corrected chi connectivity index (χ2v) is 5.64. The monoisotopic (exact) mass is 293 g/mol. The van der Waals surface area contributed by atoms with E-state index in [1.54, 1.807) is 0 Å². The van der Waals surface area contributed by atoms with Crippen LogP contribution in [-0.4, -0.2) is 30.4 Å². The summed E-state index contributed by atoms with van der Waals surface area (Å²) in [5, 5.41) is 2.76. The SMILES string of the molecule is Nc1cc(NC(=O)CCCN2CCCCCC2)ccc1F. The molecule has 21 heavy (non-hydrogen) atoms. The van der Waals surface area contributed by atoms with Gasteiger partial charge in [-0.15, -0.1) is 0 Å². The standard InChI is InChI=1S/C16H24FN3O/c17-14-8-7-13(12-15(14)18)19-16(21)6-5-11-20-9-3-1-2-4-10-20/h7-8,12H,1-6,9-11,18H2,(H,19,21). The molecule has 0 aliphatic carbocycles. The number of hydrogen-bond donors (Lipinski definition) is 2. The normalized spacial score (nSPS) is 16.4. The Morgan fingerprint density at radius 1 is 1.24 bits per heavy atom. The quantitative estimate of drug-likeness (QED) is 0.821. The molecular formula is C16H24FN3O. The van der Waals surface area contributed by atoms with Gasteiger partial charge in [0.2, 0.25) is 5.91 Å². The number of benzene rings is 1. The van der Waals surface area contributed by atoms with E-state index in [1.807, 2.05) is 0 Å². The van der Waals surface area contributed by atoms with Crippen molar-refractivity contribution in [3.63, 3.8) is 0 Å². The number of amides is 1. The van der Waals surface area contributed by atoms with Crippen LogP contribution in [0.1, 0.15) is 38.5 Å². The van der Waals surface area contributed by atoms with E-state index in [2.05, 4.69) is 10.2 Å². The van der Waals surface area contributed by atoms with Crippen LogP contribution in [0.2, 0.25) is 0 Å². The fourth-order valence-electron chi connectivity index (χ4n) is 2.67. The van der Waals surface area contributed by atoms with Crippen molar-refractivity contribution in [2.24, 2.45) is 0 Å². The summed E-state index contributed by atoms with van der Waals surface area (Å²) in [4.78, 5) is 14.3. The van der Waals surface area contributed by atoms with Crippen molar-refractivity contribution in [2.75, 3.05) is 30.7 Å². The fraction of sp³-hybridized carbons (Fsp3) is 0.562. The van der Waals surface area contributed by atoms with Gasteiger partial charge in [0.15, 0.2) is 0 Å². The third kappa shape index (κ3) is 5.34. The number of likely N-dealkylation sites (tertiary alicyclic amines) is 1. The maximum Gasteiger partial charge on any atom is 0.224 e. The van der Waals surface area contributed by atoms with E-state index >= 15 is 0 Å². The molecule has 4 nitrogen and oxygen atoms in total. The average molecular weight is 293 g/mol. The Morgan fingerprint density at radius 3 is 2.62 bits per heavy atom. The Hall–Kier alpha value is -1.62. The molecule has 0 spiro atoms. The molecule has 0 radical (unpaired) electrons. The van der Waals surface area contributed by atoms with E-state index in [0.717, 1.165) is 26.1 Å². The zero-order valence-electron chi connectivity index (χ0n) is 12.4. The maximum atomic E-state index is 13.0. The Morgan fingerprint density at radius 2 is 1.95 bits per heavy atom. The zero-order chi connectivity index (χ0) is 15.1. The minimum Gasteiger partial charge on any atom is -0.396 e. The molecule has 0 unspecified atom stereocenters. The van der Waals surface area contributed by atoms with Gasteiger partial charge in [-0.2, -0.15) is 0 Å². The molecule has 1 aliphatic rings. The van der Waals surface area contributed by atoms with Crippen LogP contribution < -0.4 is 11.1 Å². The van der Waals surface area contributed by atoms with E-state index in [4.69, 9.17) is 5.73 Å². The highest BCUT2D eigenvalue weighted by molar-refractivity contribution is 5.91. The van der Waals surface area contributed by atoms with Crippen LogP contribution in [0, 0.1) is 5.82 Å². The van der Waals surface area contributed by atoms with Crippen molar-refractivity contribution < 1.29 is 9.18 Å². The molecule has 1 amide bonds. The van der Waals surface area contributed by atoms with Crippen molar-refractivity contribution in [3.05, 3.63) is 24.0 Å². The molecule has 2 rings (SSSR count). The third-order valence-electron chi connectivity index (χ3n) is 3.86. The predicted molar refractivity (Wildman–Crippen MR) is 83.6 cm³/mol. The number of nitrogens with zero attached hydrogens (tertiary/aromatic N) is 1. The van der Waals surface area contributed by atoms with Gasteiger partial charge in [0.1, 0.15) is 5.82 Å². The lowest BCUT2D eigenvalue weighted by atomic mass is 10.2. The number of anilines is 2. The first-order chi connectivity index (χ1) is 10.1. The molecule has 1 fully saturated rings. The van der Waals surface area contributed by atoms with Crippen molar-refractivity contribution in [2.45, 2.75) is 38.5 Å². The molecule has 1 aliphatic heterocycles. The van der Waals surface area contributed by atoms with Gasteiger partial charge in [0, 0.05) is 12.1 Å². The molecule has 0 aromatic heterocycles. The van der Waals surface area contributed by atoms with Crippen LogP contribution in [0.15, 0.2) is 18.2 Å². The number of rotatable bonds is 5. The largest absolute Gasteiger partial charge is 0.396 e. The number of nitrogens with one attached hydrogen (secondary N) is 1. The molecule has 116 valence electrons. The van der Waals surface area contributed by atoms with Crippen molar-refractivity contribution in [1.82, 2.24) is 4.90 Å². The zero-order valence-corrected chi connectivity index (χ0v) is 12.4. The van der Waals surface area contributed by atoms with Crippen LogP contribution in [0.25, 0.3) is 0 Å². The molecule has 3 N–H and O–H groups in total. The van der Waals surface area contributed by atoms with Crippen LogP contribution in [-0.2, 0) is 4.79 Å². The highest BCUT2D eigenvalue weighted by atomic mass is 19.1. The smallest absolute Gasteiger partial charge is 0.224 e. The van der Waals surface area contributed by atoms with E-state index in [-0.39, 0.29) is 11.6 Å². The first-order valence-corrected chi connectivity index (χ1v) is 7.72. The highest BCUT2D eigenvalue weighted by Gasteiger charge is 2.10. The summed E-state index contributed by atoms with van der Waals surface area (Å²) < 4.78 is 13.0. The van der Waals surface area contributed by atoms with Crippen molar-refractivity contribution >= 4 is 17.3 Å². The van der Waals surface area contributed by atoms with Gasteiger partial charge < -0.3 is 16.0 Å². The van der Waals surface area contributed by atoms with E-state index in [1.165, 1.54) is 43.9 Å². The van der Waals surface area contributed by atoms with E-state index in [9.17, 15) is 9.18 Å². The third-order valence-corrected chi connectivity index (χ3v) is 3.86. The minimum absolute atomic E-state index is 0.0455. The lowest BCUT2D eigenvalue weighted by Gasteiger charge is -2.19. The molecule has 1 aromatic carbocycles. The lowest BCUT2D eigenvalue weighted by Crippen LogP contribution is -2.26. The highest BCUT2D eigenvalue weighted by Crippen LogP contribution is 2.16. The Balaban J connectivity index is 1.70. The molecular weight excluding hydrogens is 269 g/mol. The molecule has 1 saturated heterocycles. The van der Waals surface area contributed by atoms with Crippen molar-refractivity contribution in [1.29, 1.82) is 0 Å². The van der Waals surface area contributed by atoms with Crippen LogP contribution in [0.3, 0.4) is 0 Å². The number of nitrogen functional groups attached to an aromatic ring is 1. The van der Waals surface area contributed by atoms with Gasteiger partial charge >= 0.3 is 0 Å². The van der Waals surface area contributed by atoms with Crippen LogP contribution in [0.5, 0.6) is 0 Å². The van der Waals surface area contributed by atoms with Crippen LogP contribution >= 0.6 is 0 Å². The fourth-order valence-corrected chi connectivity index (χ4v) is 2.67. The topological polar surface area (TPSA) is 58.4 Å². The average Bonchev–Trinajstić information content (AvgIpc) is 2.72. The molecule has 0 atom stereocenters. The molecule has 1 aromatic rings. The maximum absolute atomic E-state index is 13.0. The summed E-state index contributed by atoms with van der Waals surface area (Å²) in [7, 11) is 0. The number of hydrogen-bond acceptors (Lipinski definition) is 3. The van der Waals surface area contributed by atoms with Gasteiger partial charge in [0.05, 0.1) is 5.69 Å². The number of carbonyl (C=O) groups is 1. The summed E-state index contributed by atoms with van der Waals surface area (Å²) in [5.74, 6) is -0.509. The van der Waals surface area contributed by atoms with Crippen LogP contribution in [0.4, 0.5) is 15.8 Å². The number of nitrogens with two attached hydrogens (primary N) is 1. The van der Waals surface area contributed by atoms with Gasteiger partial charge in [0.25, 0.3) is 0 Å². The Labute approximate surface area is 125 Å². The minimum atomic E-state index is -0.464. The number of halogens is 1. The summed E-state index contributed by atoms with van der Waals surface area (Å²) >= 11 is 0. The van der Waals surface area contributed by atoms with E-state index < -0.39 is 5.82 Å². The molecule has 0 bridgehead atoms. The second kappa shape index (κ2) is 7.98. The summed E-state index contributed by atoms with van der Waals surface area (Å²) in [6, 6.07) is 4.24. The first-order valence-electron chi connectivity index (χ1n) is 7.72. The Bertz CT molecular complexity index is 471. The predicted octanol–water partition coefficient (Wildman–Crippen LogP) is 3.00. The first kappa shape index (κ1) is 15.8. The van der Waals surface area contributed by atoms with E-state index in [0.29, 0.717) is 12.1 Å². The van der Waals surface area contributed by atoms with Crippen molar-refractivity contribution in [3.8, 4) is 0 Å². The Kier molecular flexibility index (Phi) is 5.99. The number of carbonyl (C=O) groups excluding carboxylic acids is 1. The summed E-state index contributed by atoms with van der Waals surface area (Å²) in [5.41, 5.74) is 6.08. The van der Waals surface area contributed by atoms with Gasteiger partial charge in [-0.05, 0) is 57.1 Å². The van der Waals surface area contributed by atoms with Gasteiger partial charge in [-0.3, -0.25) is 4.79 Å². The summed E-state index contributed by atoms with van der Waals surface area (Å²) in [6.45, 7) is 3.27. The molecule has 0 saturated carbocycles. The summed E-state index contributed by atoms with van der Waals surface area (Å²) in [6.07, 6.45) is 6.50. The van der Waals surface area contributed by atoms with Gasteiger partial charge in [-0.1, -0.05) is 12.8 Å². The van der Waals surface area contributed by atoms with Gasteiger partial charge in [-0.25, -0.2) is 4.39 Å². The molecule has 1 heterocycles.